The molecule has 2 heterocycles. The van der Waals surface area contributed by atoms with Crippen molar-refractivity contribution >= 4 is 0 Å². The molecule has 5 heteroatoms. The predicted octanol–water partition coefficient (Wildman–Crippen LogP) is 2.90. The fourth-order valence-electron chi connectivity index (χ4n) is 3.24. The number of methoxy groups -OCH3 is 2. The zero-order valence-electron chi connectivity index (χ0n) is 14.9. The lowest BCUT2D eigenvalue weighted by Gasteiger charge is -2.23. The van der Waals surface area contributed by atoms with Crippen molar-refractivity contribution < 1.29 is 14.2 Å². The van der Waals surface area contributed by atoms with E-state index in [1.165, 1.54) is 5.56 Å². The number of nitrogens with zero attached hydrogens (tertiary/aromatic N) is 2. The molecule has 0 unspecified atom stereocenters. The minimum absolute atomic E-state index is 0.295. The maximum atomic E-state index is 5.83. The largest absolute Gasteiger partial charge is 0.489 e. The minimum Gasteiger partial charge on any atom is -0.489 e. The van der Waals surface area contributed by atoms with Crippen LogP contribution in [0.15, 0.2) is 48.8 Å². The van der Waals surface area contributed by atoms with Crippen LogP contribution < -0.4 is 4.74 Å². The lowest BCUT2D eigenvalue weighted by atomic mass is 10.2. The molecule has 25 heavy (non-hydrogen) atoms. The topological polar surface area (TPSA) is 43.8 Å². The molecule has 2 atom stereocenters. The second-order valence-corrected chi connectivity index (χ2v) is 6.42. The van der Waals surface area contributed by atoms with Crippen LogP contribution in [-0.2, 0) is 22.6 Å². The number of hydrogen-bond acceptors (Lipinski definition) is 5. The van der Waals surface area contributed by atoms with E-state index in [9.17, 15) is 0 Å². The Morgan fingerprint density at radius 2 is 1.80 bits per heavy atom. The van der Waals surface area contributed by atoms with Gasteiger partial charge in [0.1, 0.15) is 12.4 Å². The number of hydrogen-bond donors (Lipinski definition) is 0. The SMILES string of the molecule is COC[C@@H]1C[C@H](OC)CN1Cc1ccc(OCc2ccncc2)cc1. The van der Waals surface area contributed by atoms with Gasteiger partial charge >= 0.3 is 0 Å². The summed E-state index contributed by atoms with van der Waals surface area (Å²) in [5, 5.41) is 0. The predicted molar refractivity (Wildman–Crippen MR) is 96.5 cm³/mol. The van der Waals surface area contributed by atoms with Crippen molar-refractivity contribution in [1.29, 1.82) is 0 Å². The lowest BCUT2D eigenvalue weighted by Crippen LogP contribution is -2.32. The van der Waals surface area contributed by atoms with Crippen LogP contribution in [0.1, 0.15) is 17.5 Å². The van der Waals surface area contributed by atoms with Crippen LogP contribution >= 0.6 is 0 Å². The first-order valence-corrected chi connectivity index (χ1v) is 8.65. The van der Waals surface area contributed by atoms with E-state index in [4.69, 9.17) is 14.2 Å². The van der Waals surface area contributed by atoms with Gasteiger partial charge in [0.15, 0.2) is 0 Å². The molecule has 0 bridgehead atoms. The summed E-state index contributed by atoms with van der Waals surface area (Å²) in [6.45, 7) is 3.15. The normalized spacial score (nSPS) is 20.7. The smallest absolute Gasteiger partial charge is 0.119 e. The van der Waals surface area contributed by atoms with E-state index in [1.54, 1.807) is 26.6 Å². The summed E-state index contributed by atoms with van der Waals surface area (Å²) in [5.41, 5.74) is 2.39. The van der Waals surface area contributed by atoms with Gasteiger partial charge in [0, 0.05) is 45.7 Å². The van der Waals surface area contributed by atoms with Gasteiger partial charge in [0.2, 0.25) is 0 Å². The standard InChI is InChI=1S/C20H26N2O3/c1-23-15-18-11-20(24-2)13-22(18)12-16-3-5-19(6-4-16)25-14-17-7-9-21-10-8-17/h3-10,18,20H,11-15H2,1-2H3/t18-,20-/m0/s1. The third-order valence-electron chi connectivity index (χ3n) is 4.65. The van der Waals surface area contributed by atoms with Gasteiger partial charge in [0.05, 0.1) is 12.7 Å². The Morgan fingerprint density at radius 3 is 2.48 bits per heavy atom. The average Bonchev–Trinajstić information content (AvgIpc) is 3.04. The molecule has 0 saturated carbocycles. The number of benzene rings is 1. The Kier molecular flexibility index (Phi) is 6.39. The molecule has 2 aromatic rings. The number of aromatic nitrogens is 1. The second kappa shape index (κ2) is 8.94. The van der Waals surface area contributed by atoms with E-state index >= 15 is 0 Å². The number of ether oxygens (including phenoxy) is 3. The van der Waals surface area contributed by atoms with Crippen molar-refractivity contribution in [3.8, 4) is 5.75 Å². The van der Waals surface area contributed by atoms with E-state index in [0.29, 0.717) is 18.8 Å². The maximum Gasteiger partial charge on any atom is 0.119 e. The third kappa shape index (κ3) is 5.01. The van der Waals surface area contributed by atoms with Gasteiger partial charge in [0.25, 0.3) is 0 Å². The van der Waals surface area contributed by atoms with E-state index < -0.39 is 0 Å². The van der Waals surface area contributed by atoms with Crippen LogP contribution in [-0.4, -0.2) is 49.4 Å². The van der Waals surface area contributed by atoms with Gasteiger partial charge < -0.3 is 14.2 Å². The summed E-state index contributed by atoms with van der Waals surface area (Å²) in [6.07, 6.45) is 4.88. The zero-order chi connectivity index (χ0) is 17.5. The molecule has 1 aliphatic rings. The molecule has 0 N–H and O–H groups in total. The number of likely N-dealkylation sites (tertiary alicyclic amines) is 1. The molecule has 134 valence electrons. The van der Waals surface area contributed by atoms with Gasteiger partial charge in [-0.05, 0) is 41.8 Å². The summed E-state index contributed by atoms with van der Waals surface area (Å²) in [5.74, 6) is 0.880. The second-order valence-electron chi connectivity index (χ2n) is 6.42. The zero-order valence-corrected chi connectivity index (χ0v) is 14.9. The van der Waals surface area contributed by atoms with E-state index in [-0.39, 0.29) is 0 Å². The van der Waals surface area contributed by atoms with Crippen LogP contribution in [0.5, 0.6) is 5.75 Å². The molecule has 1 aliphatic heterocycles. The van der Waals surface area contributed by atoms with E-state index in [2.05, 4.69) is 22.0 Å². The monoisotopic (exact) mass is 342 g/mol. The molecule has 1 aromatic heterocycles. The van der Waals surface area contributed by atoms with Crippen molar-refractivity contribution in [3.05, 3.63) is 59.9 Å². The lowest BCUT2D eigenvalue weighted by molar-refractivity contribution is 0.106. The first-order valence-electron chi connectivity index (χ1n) is 8.65. The highest BCUT2D eigenvalue weighted by atomic mass is 16.5. The summed E-state index contributed by atoms with van der Waals surface area (Å²) in [6, 6.07) is 12.7. The van der Waals surface area contributed by atoms with Crippen molar-refractivity contribution in [2.24, 2.45) is 0 Å². The van der Waals surface area contributed by atoms with Crippen molar-refractivity contribution in [2.45, 2.75) is 31.7 Å². The highest BCUT2D eigenvalue weighted by molar-refractivity contribution is 5.27. The fraction of sp³-hybridized carbons (Fsp3) is 0.450. The highest BCUT2D eigenvalue weighted by Gasteiger charge is 2.31. The molecule has 1 saturated heterocycles. The van der Waals surface area contributed by atoms with Crippen molar-refractivity contribution in [1.82, 2.24) is 9.88 Å². The van der Waals surface area contributed by atoms with E-state index in [1.807, 2.05) is 24.3 Å². The Balaban J connectivity index is 1.55. The Morgan fingerprint density at radius 1 is 1.04 bits per heavy atom. The summed E-state index contributed by atoms with van der Waals surface area (Å²) in [7, 11) is 3.54. The Bertz CT molecular complexity index is 633. The molecule has 5 nitrogen and oxygen atoms in total. The molecule has 0 radical (unpaired) electrons. The molecule has 3 rings (SSSR count). The maximum absolute atomic E-state index is 5.83. The van der Waals surface area contributed by atoms with Crippen LogP contribution in [0.3, 0.4) is 0 Å². The number of rotatable bonds is 8. The molecule has 1 aromatic carbocycles. The van der Waals surface area contributed by atoms with Gasteiger partial charge in [-0.25, -0.2) is 0 Å². The molecular weight excluding hydrogens is 316 g/mol. The van der Waals surface area contributed by atoms with Gasteiger partial charge in [-0.1, -0.05) is 12.1 Å². The summed E-state index contributed by atoms with van der Waals surface area (Å²) >= 11 is 0. The fourth-order valence-corrected chi connectivity index (χ4v) is 3.24. The Labute approximate surface area is 149 Å². The van der Waals surface area contributed by atoms with Gasteiger partial charge in [-0.3, -0.25) is 9.88 Å². The van der Waals surface area contributed by atoms with Gasteiger partial charge in [-0.15, -0.1) is 0 Å². The minimum atomic E-state index is 0.295. The van der Waals surface area contributed by atoms with Crippen molar-refractivity contribution in [2.75, 3.05) is 27.4 Å². The molecule has 1 fully saturated rings. The van der Waals surface area contributed by atoms with Crippen molar-refractivity contribution in [3.63, 3.8) is 0 Å². The number of pyridine rings is 1. The summed E-state index contributed by atoms with van der Waals surface area (Å²) in [4.78, 5) is 6.45. The first kappa shape index (κ1) is 17.9. The van der Waals surface area contributed by atoms with Crippen LogP contribution in [0.25, 0.3) is 0 Å². The molecule has 0 amide bonds. The quantitative estimate of drug-likeness (QED) is 0.738. The summed E-state index contributed by atoms with van der Waals surface area (Å²) < 4.78 is 16.7. The third-order valence-corrected chi connectivity index (χ3v) is 4.65. The average molecular weight is 342 g/mol. The van der Waals surface area contributed by atoms with Gasteiger partial charge in [-0.2, -0.15) is 0 Å². The Hall–Kier alpha value is -1.95. The van der Waals surface area contributed by atoms with Crippen LogP contribution in [0.2, 0.25) is 0 Å². The molecular formula is C20H26N2O3. The highest BCUT2D eigenvalue weighted by Crippen LogP contribution is 2.23. The molecule has 0 spiro atoms. The van der Waals surface area contributed by atoms with Crippen LogP contribution in [0.4, 0.5) is 0 Å². The van der Waals surface area contributed by atoms with E-state index in [0.717, 1.165) is 37.4 Å². The van der Waals surface area contributed by atoms with Crippen LogP contribution in [0, 0.1) is 0 Å². The first-order chi connectivity index (χ1) is 12.3. The molecule has 0 aliphatic carbocycles.